The van der Waals surface area contributed by atoms with Crippen LogP contribution in [-0.2, 0) is 9.59 Å². The van der Waals surface area contributed by atoms with E-state index in [4.69, 9.17) is 35.7 Å². The maximum Gasteiger partial charge on any atom is 0.331 e. The maximum absolute atomic E-state index is 10.5. The van der Waals surface area contributed by atoms with E-state index in [0.717, 1.165) is 12.2 Å². The van der Waals surface area contributed by atoms with Gasteiger partial charge in [-0.15, -0.1) is 0 Å². The van der Waals surface area contributed by atoms with Gasteiger partial charge in [0.15, 0.2) is 0 Å². The molecule has 0 spiro atoms. The first-order valence-electron chi connectivity index (χ1n) is 6.67. The number of aliphatic hydroxyl groups is 6. The Kier molecular flexibility index (Phi) is 18.1. The monoisotopic (exact) mass is 354 g/mol. The van der Waals surface area contributed by atoms with Crippen molar-refractivity contribution in [2.24, 2.45) is 0 Å². The van der Waals surface area contributed by atoms with E-state index >= 15 is 0 Å². The van der Waals surface area contributed by atoms with Gasteiger partial charge in [0.2, 0.25) is 0 Å². The van der Waals surface area contributed by atoms with Crippen molar-refractivity contribution in [1.29, 1.82) is 0 Å². The van der Waals surface area contributed by atoms with Crippen LogP contribution in [0.15, 0.2) is 23.3 Å². The van der Waals surface area contributed by atoms with Crippen LogP contribution < -0.4 is 0 Å². The Hall–Kier alpha value is -1.82. The molecular weight excluding hydrogens is 328 g/mol. The third-order valence-corrected chi connectivity index (χ3v) is 2.06. The molecule has 24 heavy (non-hydrogen) atoms. The third kappa shape index (κ3) is 16.5. The number of hydrogen-bond donors (Lipinski definition) is 8. The molecule has 0 fully saturated rings. The lowest BCUT2D eigenvalue weighted by Gasteiger charge is -2.18. The van der Waals surface area contributed by atoms with E-state index in [1.165, 1.54) is 13.8 Å². The molecule has 0 bridgehead atoms. The molecule has 0 aliphatic heterocycles. The minimum Gasteiger partial charge on any atom is -0.478 e. The number of aliphatic carboxylic acids is 2. The second-order valence-corrected chi connectivity index (χ2v) is 4.31. The molecule has 0 saturated carbocycles. The smallest absolute Gasteiger partial charge is 0.331 e. The average Bonchev–Trinajstić information content (AvgIpc) is 2.54. The van der Waals surface area contributed by atoms with Crippen molar-refractivity contribution < 1.29 is 50.4 Å². The summed E-state index contributed by atoms with van der Waals surface area (Å²) >= 11 is 0. The van der Waals surface area contributed by atoms with Crippen molar-refractivity contribution >= 4 is 11.9 Å². The fraction of sp³-hybridized carbons (Fsp3) is 0.571. The third-order valence-electron chi connectivity index (χ3n) is 2.06. The van der Waals surface area contributed by atoms with Crippen molar-refractivity contribution in [2.45, 2.75) is 19.4 Å². The van der Waals surface area contributed by atoms with E-state index < -0.39 is 24.1 Å². The van der Waals surface area contributed by atoms with Crippen LogP contribution in [0.2, 0.25) is 0 Å². The van der Waals surface area contributed by atoms with Gasteiger partial charge in [-0.25, -0.2) is 9.59 Å². The van der Waals surface area contributed by atoms with E-state index in [1.807, 2.05) is 0 Å². The lowest BCUT2D eigenvalue weighted by molar-refractivity contribution is -0.133. The summed E-state index contributed by atoms with van der Waals surface area (Å²) < 4.78 is 0. The molecule has 10 heteroatoms. The molecule has 10 nitrogen and oxygen atoms in total. The minimum atomic E-state index is -1.98. The van der Waals surface area contributed by atoms with Crippen molar-refractivity contribution in [2.75, 3.05) is 33.0 Å². The standard InChI is InChI=1S/C10H14O6.2C2H6O2/c1-6(8(12)13)3-10(16,5-11)4-7(2)9(14)15;2*3-1-2-4/h3-4,11,16H,5H2,1-2H3,(H,12,13)(H,14,15);2*3-4H,1-2H2. The number of aliphatic hydroxyl groups excluding tert-OH is 5. The molecule has 0 amide bonds. The summed E-state index contributed by atoms with van der Waals surface area (Å²) in [4.78, 5) is 21.0. The molecule has 0 rings (SSSR count). The van der Waals surface area contributed by atoms with Gasteiger partial charge in [0.25, 0.3) is 0 Å². The Morgan fingerprint density at radius 3 is 1.12 bits per heavy atom. The van der Waals surface area contributed by atoms with Gasteiger partial charge in [0.05, 0.1) is 33.0 Å². The normalized spacial score (nSPS) is 13.7. The summed E-state index contributed by atoms with van der Waals surface area (Å²) in [6, 6.07) is 0. The molecule has 0 aliphatic carbocycles. The van der Waals surface area contributed by atoms with E-state index in [0.29, 0.717) is 0 Å². The van der Waals surface area contributed by atoms with Crippen molar-refractivity contribution in [3.63, 3.8) is 0 Å². The van der Waals surface area contributed by atoms with Crippen LogP contribution >= 0.6 is 0 Å². The van der Waals surface area contributed by atoms with Crippen LogP contribution in [0, 0.1) is 0 Å². The van der Waals surface area contributed by atoms with Crippen LogP contribution in [0.25, 0.3) is 0 Å². The Labute approximate surface area is 139 Å². The van der Waals surface area contributed by atoms with Gasteiger partial charge >= 0.3 is 11.9 Å². The predicted octanol–water partition coefficient (Wildman–Crippen LogP) is -2.29. The molecule has 0 radical (unpaired) electrons. The van der Waals surface area contributed by atoms with Gasteiger partial charge in [-0.3, -0.25) is 0 Å². The van der Waals surface area contributed by atoms with E-state index in [-0.39, 0.29) is 37.6 Å². The molecule has 142 valence electrons. The highest BCUT2D eigenvalue weighted by molar-refractivity contribution is 5.87. The summed E-state index contributed by atoms with van der Waals surface area (Å²) in [6.45, 7) is 1.15. The topological polar surface area (TPSA) is 196 Å². The predicted molar refractivity (Wildman–Crippen MR) is 83.2 cm³/mol. The van der Waals surface area contributed by atoms with E-state index in [1.54, 1.807) is 0 Å². The number of carboxylic acid groups (broad SMARTS) is 2. The molecule has 0 aromatic carbocycles. The van der Waals surface area contributed by atoms with Crippen molar-refractivity contribution in [3.05, 3.63) is 23.3 Å². The SMILES string of the molecule is CC(=CC(O)(C=C(C)C(=O)O)CO)C(=O)O.OCCO.OCCO. The molecule has 8 N–H and O–H groups in total. The second kappa shape index (κ2) is 16.1. The zero-order valence-electron chi connectivity index (χ0n) is 13.6. The van der Waals surface area contributed by atoms with Gasteiger partial charge in [-0.05, 0) is 26.0 Å². The molecule has 0 aromatic heterocycles. The Morgan fingerprint density at radius 2 is 1.00 bits per heavy atom. The molecule has 0 atom stereocenters. The molecule has 0 unspecified atom stereocenters. The summed E-state index contributed by atoms with van der Waals surface area (Å²) in [5.74, 6) is -2.51. The van der Waals surface area contributed by atoms with Crippen LogP contribution in [0.5, 0.6) is 0 Å². The molecule has 0 heterocycles. The Balaban J connectivity index is -0.000000457. The molecule has 0 aliphatic rings. The van der Waals surface area contributed by atoms with Crippen LogP contribution in [0.1, 0.15) is 13.8 Å². The van der Waals surface area contributed by atoms with E-state index in [2.05, 4.69) is 0 Å². The van der Waals surface area contributed by atoms with Gasteiger partial charge < -0.3 is 40.9 Å². The highest BCUT2D eigenvalue weighted by Gasteiger charge is 2.23. The zero-order valence-corrected chi connectivity index (χ0v) is 13.6. The first-order chi connectivity index (χ1) is 11.0. The molecule has 0 saturated heterocycles. The van der Waals surface area contributed by atoms with Gasteiger partial charge in [0.1, 0.15) is 5.60 Å². The minimum absolute atomic E-state index is 0.125. The average molecular weight is 354 g/mol. The summed E-state index contributed by atoms with van der Waals surface area (Å²) in [7, 11) is 0. The van der Waals surface area contributed by atoms with Crippen molar-refractivity contribution in [1.82, 2.24) is 0 Å². The Bertz CT molecular complexity index is 376. The van der Waals surface area contributed by atoms with Crippen LogP contribution in [0.3, 0.4) is 0 Å². The summed E-state index contributed by atoms with van der Waals surface area (Å²) in [5, 5.41) is 66.3. The zero-order chi connectivity index (χ0) is 19.8. The Morgan fingerprint density at radius 1 is 0.750 bits per heavy atom. The quantitative estimate of drug-likeness (QED) is 0.230. The second-order valence-electron chi connectivity index (χ2n) is 4.31. The lowest BCUT2D eigenvalue weighted by Crippen LogP contribution is -2.30. The van der Waals surface area contributed by atoms with Crippen LogP contribution in [0.4, 0.5) is 0 Å². The number of rotatable bonds is 7. The molecule has 0 aromatic rings. The van der Waals surface area contributed by atoms with Crippen molar-refractivity contribution in [3.8, 4) is 0 Å². The first kappa shape index (κ1) is 27.0. The number of carboxylic acids is 2. The summed E-state index contributed by atoms with van der Waals surface area (Å²) in [5.41, 5.74) is -2.36. The van der Waals surface area contributed by atoms with Gasteiger partial charge in [-0.2, -0.15) is 0 Å². The number of hydrogen-bond acceptors (Lipinski definition) is 8. The fourth-order valence-electron chi connectivity index (χ4n) is 1.01. The van der Waals surface area contributed by atoms with Crippen LogP contribution in [-0.4, -0.2) is 91.4 Å². The first-order valence-corrected chi connectivity index (χ1v) is 6.67. The molecular formula is C14H26O10. The highest BCUT2D eigenvalue weighted by Crippen LogP contribution is 2.14. The highest BCUT2D eigenvalue weighted by atomic mass is 16.4. The van der Waals surface area contributed by atoms with Gasteiger partial charge in [0, 0.05) is 11.1 Å². The van der Waals surface area contributed by atoms with E-state index in [9.17, 15) is 14.7 Å². The van der Waals surface area contributed by atoms with Gasteiger partial charge in [-0.1, -0.05) is 0 Å². The number of carbonyl (C=O) groups is 2. The lowest BCUT2D eigenvalue weighted by atomic mass is 9.99. The maximum atomic E-state index is 10.5. The fourth-order valence-corrected chi connectivity index (χ4v) is 1.01. The summed E-state index contributed by atoms with van der Waals surface area (Å²) in [6.07, 6.45) is 1.78. The largest absolute Gasteiger partial charge is 0.478 e.